The minimum absolute atomic E-state index is 0. The van der Waals surface area contributed by atoms with Crippen molar-refractivity contribution in [2.75, 3.05) is 32.8 Å². The Morgan fingerprint density at radius 3 is 2.56 bits per heavy atom. The first-order valence-corrected chi connectivity index (χ1v) is 10.1. The molecule has 1 aliphatic carbocycles. The van der Waals surface area contributed by atoms with Crippen molar-refractivity contribution >= 4 is 29.9 Å². The lowest BCUT2D eigenvalue weighted by Gasteiger charge is -2.40. The predicted octanol–water partition coefficient (Wildman–Crippen LogP) is 4.29. The molecule has 0 amide bonds. The summed E-state index contributed by atoms with van der Waals surface area (Å²) >= 11 is 0. The summed E-state index contributed by atoms with van der Waals surface area (Å²) in [6.07, 6.45) is 8.37. The van der Waals surface area contributed by atoms with E-state index >= 15 is 0 Å². The molecule has 0 aromatic heterocycles. The Morgan fingerprint density at radius 2 is 2.00 bits per heavy atom. The lowest BCUT2D eigenvalue weighted by Crippen LogP contribution is -2.44. The van der Waals surface area contributed by atoms with E-state index in [1.807, 2.05) is 0 Å². The van der Waals surface area contributed by atoms with Crippen molar-refractivity contribution in [2.45, 2.75) is 72.3 Å². The molecule has 2 saturated heterocycles. The molecular weight excluding hydrogens is 425 g/mol. The molecule has 2 unspecified atom stereocenters. The van der Waals surface area contributed by atoms with Gasteiger partial charge in [0.25, 0.3) is 0 Å². The molecule has 4 nitrogen and oxygen atoms in total. The van der Waals surface area contributed by atoms with Gasteiger partial charge in [-0.3, -0.25) is 4.99 Å². The highest BCUT2D eigenvalue weighted by atomic mass is 127. The van der Waals surface area contributed by atoms with Crippen molar-refractivity contribution in [3.8, 4) is 0 Å². The average Bonchev–Trinajstić information content (AvgIpc) is 2.96. The molecule has 0 radical (unpaired) electrons. The maximum absolute atomic E-state index is 6.13. The maximum Gasteiger partial charge on any atom is 0.193 e. The van der Waals surface area contributed by atoms with Gasteiger partial charge in [-0.25, -0.2) is 0 Å². The Hall–Kier alpha value is -0.0400. The second-order valence-corrected chi connectivity index (χ2v) is 9.28. The summed E-state index contributed by atoms with van der Waals surface area (Å²) in [5.74, 6) is 1.69. The van der Waals surface area contributed by atoms with Crippen LogP contribution in [0, 0.1) is 16.7 Å². The Labute approximate surface area is 171 Å². The summed E-state index contributed by atoms with van der Waals surface area (Å²) in [6, 6.07) is 0. The summed E-state index contributed by atoms with van der Waals surface area (Å²) < 4.78 is 6.13. The molecule has 1 N–H and O–H groups in total. The monoisotopic (exact) mass is 463 g/mol. The Bertz CT molecular complexity index is 456. The first kappa shape index (κ1) is 21.3. The second-order valence-electron chi connectivity index (χ2n) is 9.28. The van der Waals surface area contributed by atoms with Crippen LogP contribution in [0.1, 0.15) is 66.2 Å². The van der Waals surface area contributed by atoms with E-state index in [9.17, 15) is 0 Å². The molecule has 0 aromatic rings. The zero-order chi connectivity index (χ0) is 17.2. The lowest BCUT2D eigenvalue weighted by molar-refractivity contribution is -0.0824. The Morgan fingerprint density at radius 1 is 1.24 bits per heavy atom. The molecule has 3 fully saturated rings. The van der Waals surface area contributed by atoms with Gasteiger partial charge in [0.15, 0.2) is 5.96 Å². The van der Waals surface area contributed by atoms with Crippen LogP contribution < -0.4 is 5.32 Å². The van der Waals surface area contributed by atoms with E-state index in [2.05, 4.69) is 37.9 Å². The maximum atomic E-state index is 6.13. The highest BCUT2D eigenvalue weighted by Gasteiger charge is 2.43. The zero-order valence-corrected chi connectivity index (χ0v) is 19.0. The van der Waals surface area contributed by atoms with Crippen molar-refractivity contribution in [2.24, 2.45) is 21.7 Å². The molecule has 3 rings (SSSR count). The van der Waals surface area contributed by atoms with Crippen LogP contribution in [0.4, 0.5) is 0 Å². The molecule has 2 heterocycles. The van der Waals surface area contributed by atoms with Gasteiger partial charge in [0.05, 0.1) is 6.10 Å². The first-order valence-electron chi connectivity index (χ1n) is 10.1. The minimum atomic E-state index is 0. The number of nitrogens with one attached hydrogen (secondary N) is 1. The van der Waals surface area contributed by atoms with Gasteiger partial charge in [-0.05, 0) is 49.9 Å². The lowest BCUT2D eigenvalue weighted by atomic mass is 9.68. The van der Waals surface area contributed by atoms with Gasteiger partial charge in [-0.15, -0.1) is 24.0 Å². The van der Waals surface area contributed by atoms with Gasteiger partial charge < -0.3 is 15.0 Å². The van der Waals surface area contributed by atoms with E-state index in [1.54, 1.807) is 0 Å². The third kappa shape index (κ3) is 5.02. The number of rotatable bonds is 3. The number of nitrogens with zero attached hydrogens (tertiary/aromatic N) is 2. The van der Waals surface area contributed by atoms with E-state index in [-0.39, 0.29) is 29.4 Å². The zero-order valence-electron chi connectivity index (χ0n) is 16.6. The van der Waals surface area contributed by atoms with Gasteiger partial charge in [-0.1, -0.05) is 27.2 Å². The van der Waals surface area contributed by atoms with Crippen molar-refractivity contribution in [3.63, 3.8) is 0 Å². The minimum Gasteiger partial charge on any atom is -0.377 e. The highest BCUT2D eigenvalue weighted by molar-refractivity contribution is 14.0. The van der Waals surface area contributed by atoms with E-state index in [0.717, 1.165) is 25.7 Å². The van der Waals surface area contributed by atoms with Gasteiger partial charge >= 0.3 is 0 Å². The molecule has 146 valence electrons. The number of likely N-dealkylation sites (tertiary alicyclic amines) is 1. The number of hydrogen-bond donors (Lipinski definition) is 1. The van der Waals surface area contributed by atoms with Crippen LogP contribution in [-0.2, 0) is 4.74 Å². The van der Waals surface area contributed by atoms with Crippen LogP contribution in [0.5, 0.6) is 0 Å². The topological polar surface area (TPSA) is 36.9 Å². The van der Waals surface area contributed by atoms with Crippen LogP contribution in [0.2, 0.25) is 0 Å². The van der Waals surface area contributed by atoms with Gasteiger partial charge in [0, 0.05) is 38.7 Å². The van der Waals surface area contributed by atoms with Crippen LogP contribution in [0.15, 0.2) is 4.99 Å². The molecule has 3 aliphatic rings. The molecule has 5 heteroatoms. The van der Waals surface area contributed by atoms with Crippen LogP contribution in [0.25, 0.3) is 0 Å². The fourth-order valence-electron chi connectivity index (χ4n) is 4.82. The van der Waals surface area contributed by atoms with Crippen molar-refractivity contribution in [1.29, 1.82) is 0 Å². The molecule has 25 heavy (non-hydrogen) atoms. The van der Waals surface area contributed by atoms with Gasteiger partial charge in [-0.2, -0.15) is 0 Å². The third-order valence-corrected chi connectivity index (χ3v) is 6.26. The fourth-order valence-corrected chi connectivity index (χ4v) is 4.82. The largest absolute Gasteiger partial charge is 0.377 e. The molecule has 0 bridgehead atoms. The SMILES string of the molecule is CCNC(=NCC1CCCOC1C(C)(C)C)N1CCC2(CCC2)C1.I. The fraction of sp³-hybridized carbons (Fsp3) is 0.950. The third-order valence-electron chi connectivity index (χ3n) is 6.26. The molecule has 2 atom stereocenters. The number of hydrogen-bond acceptors (Lipinski definition) is 2. The summed E-state index contributed by atoms with van der Waals surface area (Å²) in [7, 11) is 0. The van der Waals surface area contributed by atoms with Crippen LogP contribution in [-0.4, -0.2) is 49.7 Å². The summed E-state index contributed by atoms with van der Waals surface area (Å²) in [5.41, 5.74) is 0.820. The Balaban J connectivity index is 0.00000225. The van der Waals surface area contributed by atoms with Crippen molar-refractivity contribution in [3.05, 3.63) is 0 Å². The standard InChI is InChI=1S/C20H37N3O.HI/c1-5-21-18(23-12-11-20(15-23)9-7-10-20)22-14-16-8-6-13-24-17(16)19(2,3)4;/h16-17H,5-15H2,1-4H3,(H,21,22);1H. The summed E-state index contributed by atoms with van der Waals surface area (Å²) in [4.78, 5) is 7.57. The smallest absolute Gasteiger partial charge is 0.193 e. The second kappa shape index (κ2) is 8.77. The number of aliphatic imine (C=N–C) groups is 1. The summed E-state index contributed by atoms with van der Waals surface area (Å²) in [5, 5.41) is 3.54. The van der Waals surface area contributed by atoms with Gasteiger partial charge in [0.1, 0.15) is 0 Å². The molecular formula is C20H38IN3O. The van der Waals surface area contributed by atoms with E-state index < -0.39 is 0 Å². The molecule has 1 spiro atoms. The Kier molecular flexibility index (Phi) is 7.45. The molecule has 1 saturated carbocycles. The quantitative estimate of drug-likeness (QED) is 0.386. The normalized spacial score (nSPS) is 29.3. The number of guanidine groups is 1. The van der Waals surface area contributed by atoms with Gasteiger partial charge in [0.2, 0.25) is 0 Å². The first-order chi connectivity index (χ1) is 11.4. The van der Waals surface area contributed by atoms with Crippen LogP contribution in [0.3, 0.4) is 0 Å². The van der Waals surface area contributed by atoms with E-state index in [1.165, 1.54) is 51.6 Å². The highest BCUT2D eigenvalue weighted by Crippen LogP contribution is 2.47. The number of halogens is 1. The summed E-state index contributed by atoms with van der Waals surface area (Å²) in [6.45, 7) is 14.2. The van der Waals surface area contributed by atoms with Crippen molar-refractivity contribution in [1.82, 2.24) is 10.2 Å². The number of ether oxygens (including phenoxy) is 1. The molecule has 2 aliphatic heterocycles. The predicted molar refractivity (Wildman–Crippen MR) is 116 cm³/mol. The van der Waals surface area contributed by atoms with E-state index in [4.69, 9.17) is 9.73 Å². The van der Waals surface area contributed by atoms with E-state index in [0.29, 0.717) is 17.4 Å². The van der Waals surface area contributed by atoms with Crippen LogP contribution >= 0.6 is 24.0 Å². The average molecular weight is 463 g/mol. The van der Waals surface area contributed by atoms with Crippen molar-refractivity contribution < 1.29 is 4.74 Å². The molecule has 0 aromatic carbocycles.